The van der Waals surface area contributed by atoms with Gasteiger partial charge in [0, 0.05) is 188 Å². The van der Waals surface area contributed by atoms with Crippen LogP contribution in [0.25, 0.3) is 0 Å². The van der Waals surface area contributed by atoms with Gasteiger partial charge < -0.3 is 64.4 Å². The van der Waals surface area contributed by atoms with Crippen LogP contribution in [0.5, 0.6) is 0 Å². The molecule has 3 aliphatic rings. The summed E-state index contributed by atoms with van der Waals surface area (Å²) in [6.07, 6.45) is -2.03. The molecule has 3 aliphatic heterocycles. The average molecular weight is 1770 g/mol. The van der Waals surface area contributed by atoms with Crippen LogP contribution in [0.4, 0.5) is 79.0 Å². The van der Waals surface area contributed by atoms with Crippen LogP contribution in [-0.4, -0.2) is 116 Å². The van der Waals surface area contributed by atoms with Crippen LogP contribution < -0.4 is 11.5 Å². The number of ketones is 1. The van der Waals surface area contributed by atoms with E-state index >= 15 is 0 Å². The monoisotopic (exact) mass is 1770 g/mol. The van der Waals surface area contributed by atoms with Crippen molar-refractivity contribution in [3.63, 3.8) is 0 Å². The normalized spacial score (nSPS) is 14.1. The number of alkyl halides is 3. The first-order chi connectivity index (χ1) is 48.2. The van der Waals surface area contributed by atoms with Crippen LogP contribution in [0.3, 0.4) is 0 Å². The fraction of sp³-hybridized carbons (Fsp3) is 0.308. The van der Waals surface area contributed by atoms with Gasteiger partial charge in [-0.15, -0.1) is 22.3 Å². The second-order valence-electron chi connectivity index (χ2n) is 22.3. The number of nitrogens with two attached hydrogens (primary N) is 2. The summed E-state index contributed by atoms with van der Waals surface area (Å²) < 4.78 is 249. The molecule has 2 fully saturated rings. The van der Waals surface area contributed by atoms with E-state index in [1.54, 1.807) is 6.29 Å². The third-order valence-electron chi connectivity index (χ3n) is 12.8. The largest absolute Gasteiger partial charge is 0.542 e. The van der Waals surface area contributed by atoms with Crippen molar-refractivity contribution in [2.75, 3.05) is 13.6 Å². The number of fused-ring (bicyclic) bond motifs is 1. The smallest absolute Gasteiger partial charge is 0.451 e. The van der Waals surface area contributed by atoms with Crippen molar-refractivity contribution in [3.05, 3.63) is 210 Å². The van der Waals surface area contributed by atoms with Gasteiger partial charge in [-0.05, 0) is 78.4 Å². The van der Waals surface area contributed by atoms with Crippen molar-refractivity contribution in [3.8, 4) is 0 Å². The van der Waals surface area contributed by atoms with Crippen molar-refractivity contribution in [1.29, 1.82) is 0 Å². The number of aliphatic carboxylic acids is 1. The number of nitrogens with zero attached hydrogens (tertiary/aromatic N) is 4. The van der Waals surface area contributed by atoms with Crippen LogP contribution in [0.15, 0.2) is 83.8 Å². The maximum Gasteiger partial charge on any atom is 0.451 e. The Balaban J connectivity index is 0.00000123. The van der Waals surface area contributed by atoms with E-state index in [0.29, 0.717) is 80.1 Å². The van der Waals surface area contributed by atoms with Crippen molar-refractivity contribution in [2.24, 2.45) is 11.5 Å². The number of carboxylic acid groups (broad SMARTS) is 1. The summed E-state index contributed by atoms with van der Waals surface area (Å²) in [4.78, 5) is 97.2. The molecule has 0 aliphatic carbocycles. The zero-order valence-electron chi connectivity index (χ0n) is 55.9. The maximum atomic E-state index is 13.5. The minimum atomic E-state index is -4.40. The summed E-state index contributed by atoms with van der Waals surface area (Å²) in [5.74, 6) is -26.8. The molecule has 21 nitrogen and oxygen atoms in total. The Morgan fingerprint density at radius 2 is 0.907 bits per heavy atom. The molecule has 0 amide bonds. The molecule has 0 bridgehead atoms. The number of cyclic esters (lactones) is 4. The van der Waals surface area contributed by atoms with Crippen LogP contribution in [0.1, 0.15) is 86.4 Å². The van der Waals surface area contributed by atoms with Crippen LogP contribution >= 0.6 is 0 Å². The van der Waals surface area contributed by atoms with Crippen LogP contribution in [-0.2, 0) is 212 Å². The van der Waals surface area contributed by atoms with Gasteiger partial charge in [-0.25, -0.2) is 75.4 Å². The fourth-order valence-corrected chi connectivity index (χ4v) is 8.25. The summed E-state index contributed by atoms with van der Waals surface area (Å²) in [6, 6.07) is 4.36. The zero-order chi connectivity index (χ0) is 79.1. The standard InChI is InChI=1S/C14H11F3O5.C10H9F3NO.C10H7F3NO.C10H6F3O2.C8H5F3O2.C7H9F3N4.C6H8O4.3Y/c1-14(2)21-12(19)11(13(20)22-14)10(18)4-6-3-8(16)9(17)5-7(6)15;2*11-8-5-10(13)9(12)4-6(8)3-7(14)1-2-15;11-8-5-10(13)9(12)4-6(8)3-7(15)1-2-14;9-5-3-7(11)6(10)1-4(5)2-8(12)13;1-13-2-3-14-5(4-13)11-12-6(14)7(8,9)10;1-6(2)9-4(7)3-5(8)10-6;;;/h3,5,18H,4H2,1-2H3;4-5,7H,1,3,14H2;1,4-5H,3,14H2;4-5H,1,3H2;1,3H,2H2,(H,12,13);2-4H2,1H3;3H2,1-2H3;;;/q;3*-1;;;;;;/b;;7-1-;;;;;;;/t;7-;;;;;;;;/m.0......../s1. The summed E-state index contributed by atoms with van der Waals surface area (Å²) in [5, 5.41) is 24.8. The first-order valence-corrected chi connectivity index (χ1v) is 28.9. The van der Waals surface area contributed by atoms with Gasteiger partial charge in [0.05, 0.1) is 13.0 Å². The number of ether oxygens (including phenoxy) is 4. The van der Waals surface area contributed by atoms with Crippen LogP contribution in [0, 0.1) is 87.3 Å². The van der Waals surface area contributed by atoms with Gasteiger partial charge >= 0.3 is 36.0 Å². The quantitative estimate of drug-likeness (QED) is 0.0109. The summed E-state index contributed by atoms with van der Waals surface area (Å²) in [5.41, 5.74) is 8.69. The number of carbonyl (C=O) groups is 6. The van der Waals surface area contributed by atoms with Gasteiger partial charge in [0.1, 0.15) is 52.9 Å². The number of carbonyl (C=O) groups excluding carboxylic acids is 8. The second-order valence-corrected chi connectivity index (χ2v) is 22.3. The Morgan fingerprint density at radius 3 is 1.28 bits per heavy atom. The minimum Gasteiger partial charge on any atom is -0.542 e. The number of benzene rings is 5. The number of likely N-dealkylation sites (N-methyl/N-ethyl adjacent to an activating group) is 1. The molecule has 1 atom stereocenters. The Morgan fingerprint density at radius 1 is 0.542 bits per heavy atom. The Kier molecular flexibility index (Phi) is 42.1. The molecule has 1 aromatic heterocycles. The molecule has 0 saturated carbocycles. The zero-order valence-corrected chi connectivity index (χ0v) is 64.4. The average Bonchev–Trinajstić information content (AvgIpc) is 1.79. The van der Waals surface area contributed by atoms with Gasteiger partial charge in [0.25, 0.3) is 11.6 Å². The number of esters is 4. The van der Waals surface area contributed by atoms with Gasteiger partial charge in [-0.2, -0.15) is 19.2 Å². The van der Waals surface area contributed by atoms with E-state index in [1.165, 1.54) is 40.3 Å². The number of allylic oxidation sites excluding steroid dienone is 3. The van der Waals surface area contributed by atoms with E-state index in [-0.39, 0.29) is 152 Å². The van der Waals surface area contributed by atoms with E-state index < -0.39 is 195 Å². The molecular weight excluding hydrogens is 1710 g/mol. The van der Waals surface area contributed by atoms with Gasteiger partial charge in [0.2, 0.25) is 5.82 Å². The third-order valence-corrected chi connectivity index (χ3v) is 12.8. The summed E-state index contributed by atoms with van der Waals surface area (Å²) >= 11 is 0. The Labute approximate surface area is 669 Å². The Hall–Kier alpha value is -7.68. The predicted molar refractivity (Wildman–Crippen MR) is 317 cm³/mol. The number of hydrogen-bond acceptors (Lipinski definition) is 19. The van der Waals surface area contributed by atoms with Crippen molar-refractivity contribution < 1.29 is 249 Å². The molecule has 4 heterocycles. The van der Waals surface area contributed by atoms with Crippen LogP contribution in [0.2, 0.25) is 0 Å². The number of aromatic nitrogens is 3. The van der Waals surface area contributed by atoms with E-state index in [1.807, 2.05) is 11.9 Å². The maximum absolute atomic E-state index is 13.5. The molecule has 6 N–H and O–H groups in total. The van der Waals surface area contributed by atoms with Gasteiger partial charge in [0.15, 0.2) is 63.7 Å². The van der Waals surface area contributed by atoms with Gasteiger partial charge in [-0.1, -0.05) is 12.8 Å². The fourth-order valence-electron chi connectivity index (χ4n) is 8.25. The molecule has 2 saturated heterocycles. The topological polar surface area (TPSA) is 317 Å². The minimum absolute atomic E-state index is 0. The SMILES string of the molecule is CC1(C)OC(=O)C(=C(O)Cc2cc(F)c(F)cc2F)C(=O)O1.CC1(C)OC(=O)CC(=O)O1.CN1CCn2c(nnc2C(F)(F)F)C1.N/C(=C\[C-]=O)Cc1cc(F)c(F)cc1F.N[C@@H](C[C-]=O)Cc1cc(F)c(F)cc1F.O=C(O)Cc1cc(F)c(F)cc1F.O=[C-]CC(=O)Cc1cc(F)c(F)cc1F.[Y].[Y].[Y]. The molecule has 6 aromatic rings. The molecule has 0 spiro atoms. The number of Topliss-reactive ketones (excluding diaryl/α,β-unsaturated/α-hetero) is 1. The number of rotatable bonds is 15. The van der Waals surface area contributed by atoms with E-state index in [9.17, 15) is 127 Å². The number of aliphatic hydroxyl groups is 1. The third kappa shape index (κ3) is 33.4. The molecule has 107 heavy (non-hydrogen) atoms. The molecule has 3 radical (unpaired) electrons. The predicted octanol–water partition coefficient (Wildman–Crippen LogP) is 9.76. The number of aliphatic hydroxyl groups excluding tert-OH is 1. The van der Waals surface area contributed by atoms with E-state index in [4.69, 9.17) is 26.0 Å². The molecule has 0 unspecified atom stereocenters. The molecule has 42 heteroatoms. The van der Waals surface area contributed by atoms with Crippen molar-refractivity contribution in [1.82, 2.24) is 19.7 Å². The van der Waals surface area contributed by atoms with Crippen molar-refractivity contribution >= 4 is 54.5 Å². The van der Waals surface area contributed by atoms with E-state index in [2.05, 4.69) is 19.7 Å². The van der Waals surface area contributed by atoms with Gasteiger partial charge in [-0.3, -0.25) is 31.9 Å². The summed E-state index contributed by atoms with van der Waals surface area (Å²) in [6.45, 7) is 6.96. The number of carboxylic acids is 1. The first-order valence-electron chi connectivity index (χ1n) is 28.9. The van der Waals surface area contributed by atoms with Crippen molar-refractivity contribution in [2.45, 2.75) is 116 Å². The number of hydrogen-bond donors (Lipinski definition) is 4. The second kappa shape index (κ2) is 45.3. The molecule has 9 rings (SSSR count). The first kappa shape index (κ1) is 99.3. The molecular formula is C65H55F18N6O15Y3-3. The summed E-state index contributed by atoms with van der Waals surface area (Å²) in [7, 11) is 1.84. The number of halogens is 18. The van der Waals surface area contributed by atoms with E-state index in [0.717, 1.165) is 16.7 Å². The molecule has 573 valence electrons. The Bertz CT molecular complexity index is 4210. The molecule has 5 aromatic carbocycles.